The first-order valence-corrected chi connectivity index (χ1v) is 6.38. The Kier molecular flexibility index (Phi) is 2.87. The molecule has 4 nitrogen and oxygen atoms in total. The smallest absolute Gasteiger partial charge is 0.205 e. The van der Waals surface area contributed by atoms with Crippen LogP contribution in [0.5, 0.6) is 0 Å². The maximum Gasteiger partial charge on any atom is 0.205 e. The van der Waals surface area contributed by atoms with Crippen molar-refractivity contribution in [3.63, 3.8) is 0 Å². The summed E-state index contributed by atoms with van der Waals surface area (Å²) in [7, 11) is 0. The van der Waals surface area contributed by atoms with Gasteiger partial charge in [-0.1, -0.05) is 0 Å². The summed E-state index contributed by atoms with van der Waals surface area (Å²) in [5, 5.41) is 3.08. The highest BCUT2D eigenvalue weighted by Crippen LogP contribution is 2.23. The fourth-order valence-electron chi connectivity index (χ4n) is 1.80. The van der Waals surface area contributed by atoms with Gasteiger partial charge in [-0.25, -0.2) is 9.37 Å². The Morgan fingerprint density at radius 2 is 2.05 bits per heavy atom. The van der Waals surface area contributed by atoms with E-state index >= 15 is 0 Å². The number of benzene rings is 2. The number of nitrogen functional groups attached to an aromatic ring is 1. The number of fused-ring (bicyclic) bond motifs is 1. The first-order chi connectivity index (χ1) is 9.11. The molecule has 0 saturated carbocycles. The van der Waals surface area contributed by atoms with Crippen LogP contribution in [0.25, 0.3) is 11.0 Å². The van der Waals surface area contributed by atoms with E-state index in [1.807, 2.05) is 12.1 Å². The van der Waals surface area contributed by atoms with Gasteiger partial charge in [0.25, 0.3) is 0 Å². The molecule has 1 heterocycles. The molecule has 0 amide bonds. The van der Waals surface area contributed by atoms with E-state index in [0.29, 0.717) is 16.1 Å². The highest BCUT2D eigenvalue weighted by Gasteiger charge is 2.05. The number of halogens is 2. The van der Waals surface area contributed by atoms with Crippen LogP contribution in [0.1, 0.15) is 0 Å². The van der Waals surface area contributed by atoms with E-state index < -0.39 is 0 Å². The van der Waals surface area contributed by atoms with Crippen LogP contribution in [-0.2, 0) is 0 Å². The van der Waals surface area contributed by atoms with Crippen LogP contribution in [-0.4, -0.2) is 9.97 Å². The second kappa shape index (κ2) is 4.55. The number of hydrogen-bond acceptors (Lipinski definition) is 3. The molecule has 0 aliphatic heterocycles. The normalized spacial score (nSPS) is 10.8. The Labute approximate surface area is 117 Å². The molecule has 19 heavy (non-hydrogen) atoms. The molecule has 0 aliphatic carbocycles. The molecule has 0 fully saturated rings. The van der Waals surface area contributed by atoms with Crippen LogP contribution >= 0.6 is 15.9 Å². The summed E-state index contributed by atoms with van der Waals surface area (Å²) in [6, 6.07) is 10.1. The molecule has 0 unspecified atom stereocenters. The standard InChI is InChI=1S/C13H10BrFN4/c14-9-6-8(2-3-10(9)15)17-13-18-11-4-1-7(16)5-12(11)19-13/h1-6H,16H2,(H2,17,18,19). The number of nitrogens with one attached hydrogen (secondary N) is 2. The molecule has 0 saturated heterocycles. The van der Waals surface area contributed by atoms with Gasteiger partial charge in [0.1, 0.15) is 5.82 Å². The lowest BCUT2D eigenvalue weighted by molar-refractivity contribution is 0.621. The summed E-state index contributed by atoms with van der Waals surface area (Å²) < 4.78 is 13.5. The van der Waals surface area contributed by atoms with Crippen LogP contribution in [0.4, 0.5) is 21.7 Å². The summed E-state index contributed by atoms with van der Waals surface area (Å²) in [5.74, 6) is 0.280. The lowest BCUT2D eigenvalue weighted by Crippen LogP contribution is -1.92. The van der Waals surface area contributed by atoms with E-state index in [1.54, 1.807) is 18.2 Å². The maximum absolute atomic E-state index is 13.1. The topological polar surface area (TPSA) is 66.7 Å². The monoisotopic (exact) mass is 320 g/mol. The molecule has 0 aliphatic rings. The molecule has 0 bridgehead atoms. The molecule has 0 radical (unpaired) electrons. The van der Waals surface area contributed by atoms with Gasteiger partial charge in [0.05, 0.1) is 15.5 Å². The van der Waals surface area contributed by atoms with Crippen molar-refractivity contribution in [1.82, 2.24) is 9.97 Å². The number of aromatic amines is 1. The van der Waals surface area contributed by atoms with E-state index in [4.69, 9.17) is 5.73 Å². The fraction of sp³-hybridized carbons (Fsp3) is 0. The summed E-state index contributed by atoms with van der Waals surface area (Å²) in [6.07, 6.45) is 0. The third-order valence-electron chi connectivity index (χ3n) is 2.69. The van der Waals surface area contributed by atoms with Crippen LogP contribution < -0.4 is 11.1 Å². The highest BCUT2D eigenvalue weighted by atomic mass is 79.9. The van der Waals surface area contributed by atoms with E-state index in [-0.39, 0.29) is 5.82 Å². The van der Waals surface area contributed by atoms with Gasteiger partial charge >= 0.3 is 0 Å². The molecule has 4 N–H and O–H groups in total. The van der Waals surface area contributed by atoms with Gasteiger partial charge in [-0.2, -0.15) is 0 Å². The van der Waals surface area contributed by atoms with Gasteiger partial charge in [-0.05, 0) is 52.3 Å². The third kappa shape index (κ3) is 2.39. The Hall–Kier alpha value is -2.08. The molecular formula is C13H10BrFN4. The maximum atomic E-state index is 13.1. The van der Waals surface area contributed by atoms with E-state index in [1.165, 1.54) is 6.07 Å². The van der Waals surface area contributed by atoms with Gasteiger partial charge < -0.3 is 16.0 Å². The van der Waals surface area contributed by atoms with Gasteiger partial charge in [0.15, 0.2) is 0 Å². The fourth-order valence-corrected chi connectivity index (χ4v) is 2.18. The minimum atomic E-state index is -0.303. The van der Waals surface area contributed by atoms with Crippen molar-refractivity contribution >= 4 is 44.3 Å². The number of hydrogen-bond donors (Lipinski definition) is 3. The largest absolute Gasteiger partial charge is 0.399 e. The predicted molar refractivity (Wildman–Crippen MR) is 77.9 cm³/mol. The van der Waals surface area contributed by atoms with E-state index in [0.717, 1.165) is 16.7 Å². The summed E-state index contributed by atoms with van der Waals surface area (Å²) in [5.41, 5.74) is 8.78. The second-order valence-corrected chi connectivity index (χ2v) is 4.97. The first-order valence-electron chi connectivity index (χ1n) is 5.59. The van der Waals surface area contributed by atoms with Crippen LogP contribution in [0.3, 0.4) is 0 Å². The second-order valence-electron chi connectivity index (χ2n) is 4.12. The van der Waals surface area contributed by atoms with Crippen molar-refractivity contribution in [2.24, 2.45) is 0 Å². The van der Waals surface area contributed by atoms with Crippen molar-refractivity contribution < 1.29 is 4.39 Å². The Balaban J connectivity index is 1.94. The summed E-state index contributed by atoms with van der Waals surface area (Å²) in [4.78, 5) is 7.48. The molecule has 1 aromatic heterocycles. The van der Waals surface area contributed by atoms with Crippen LogP contribution in [0, 0.1) is 5.82 Å². The lowest BCUT2D eigenvalue weighted by Gasteiger charge is -2.03. The summed E-state index contributed by atoms with van der Waals surface area (Å²) >= 11 is 3.14. The minimum Gasteiger partial charge on any atom is -0.399 e. The van der Waals surface area contributed by atoms with Crippen molar-refractivity contribution in [3.8, 4) is 0 Å². The van der Waals surface area contributed by atoms with Crippen molar-refractivity contribution in [3.05, 3.63) is 46.7 Å². The molecule has 0 atom stereocenters. The van der Waals surface area contributed by atoms with Gasteiger partial charge in [0.2, 0.25) is 5.95 Å². The zero-order valence-corrected chi connectivity index (χ0v) is 11.3. The lowest BCUT2D eigenvalue weighted by atomic mass is 10.3. The summed E-state index contributed by atoms with van der Waals surface area (Å²) in [6.45, 7) is 0. The predicted octanol–water partition coefficient (Wildman–Crippen LogP) is 3.79. The minimum absolute atomic E-state index is 0.303. The SMILES string of the molecule is Nc1ccc2nc(Nc3ccc(F)c(Br)c3)[nH]c2c1. The first kappa shape index (κ1) is 12.0. The molecule has 6 heteroatoms. The average Bonchev–Trinajstić information content (AvgIpc) is 2.75. The van der Waals surface area contributed by atoms with E-state index in [2.05, 4.69) is 31.2 Å². The number of nitrogens with two attached hydrogens (primary N) is 1. The Morgan fingerprint density at radius 3 is 2.84 bits per heavy atom. The molecule has 2 aromatic carbocycles. The highest BCUT2D eigenvalue weighted by molar-refractivity contribution is 9.10. The number of imidazole rings is 1. The van der Waals surface area contributed by atoms with E-state index in [9.17, 15) is 4.39 Å². The number of nitrogens with zero attached hydrogens (tertiary/aromatic N) is 1. The number of H-pyrrole nitrogens is 1. The average molecular weight is 321 g/mol. The van der Waals surface area contributed by atoms with Crippen molar-refractivity contribution in [2.45, 2.75) is 0 Å². The quantitative estimate of drug-likeness (QED) is 0.629. The molecule has 96 valence electrons. The Morgan fingerprint density at radius 1 is 1.21 bits per heavy atom. The number of aromatic nitrogens is 2. The molecule has 3 aromatic rings. The third-order valence-corrected chi connectivity index (χ3v) is 3.30. The number of rotatable bonds is 2. The van der Waals surface area contributed by atoms with Gasteiger partial charge in [-0.15, -0.1) is 0 Å². The number of anilines is 3. The van der Waals surface area contributed by atoms with Crippen LogP contribution in [0.15, 0.2) is 40.9 Å². The van der Waals surface area contributed by atoms with Crippen molar-refractivity contribution in [2.75, 3.05) is 11.1 Å². The zero-order valence-electron chi connectivity index (χ0n) is 9.74. The van der Waals surface area contributed by atoms with Gasteiger partial charge in [-0.3, -0.25) is 0 Å². The molecule has 3 rings (SSSR count). The van der Waals surface area contributed by atoms with Crippen LogP contribution in [0.2, 0.25) is 0 Å². The zero-order chi connectivity index (χ0) is 13.4. The Bertz CT molecular complexity index is 753. The molecule has 0 spiro atoms. The van der Waals surface area contributed by atoms with Gasteiger partial charge in [0, 0.05) is 11.4 Å². The van der Waals surface area contributed by atoms with Crippen molar-refractivity contribution in [1.29, 1.82) is 0 Å². The molecular weight excluding hydrogens is 311 g/mol.